The Morgan fingerprint density at radius 3 is 2.66 bits per heavy atom. The minimum atomic E-state index is -0.401. The van der Waals surface area contributed by atoms with E-state index in [2.05, 4.69) is 10.3 Å². The second kappa shape index (κ2) is 11.2. The number of nitrogens with one attached hydrogen (secondary N) is 1. The molecule has 2 heterocycles. The molecule has 0 radical (unpaired) electrons. The van der Waals surface area contributed by atoms with E-state index in [9.17, 15) is 4.79 Å². The maximum Gasteiger partial charge on any atom is 0.257 e. The molecule has 0 spiro atoms. The Morgan fingerprint density at radius 1 is 1.14 bits per heavy atom. The summed E-state index contributed by atoms with van der Waals surface area (Å²) in [6.45, 7) is 2.00. The van der Waals surface area contributed by atoms with Crippen LogP contribution < -0.4 is 19.7 Å². The van der Waals surface area contributed by atoms with Gasteiger partial charge in [-0.15, -0.1) is 0 Å². The van der Waals surface area contributed by atoms with Crippen LogP contribution >= 0.6 is 0 Å². The zero-order chi connectivity index (χ0) is 24.8. The third kappa shape index (κ3) is 5.71. The molecule has 3 aromatic rings. The molecule has 184 valence electrons. The average Bonchev–Trinajstić information content (AvgIpc) is 3.00. The third-order valence-corrected chi connectivity index (χ3v) is 6.19. The van der Waals surface area contributed by atoms with E-state index in [4.69, 9.17) is 9.47 Å². The topological polar surface area (TPSA) is 66.9 Å². The van der Waals surface area contributed by atoms with E-state index < -0.39 is 5.82 Å². The molecule has 1 aromatic heterocycles. The van der Waals surface area contributed by atoms with Crippen LogP contribution in [0.15, 0.2) is 60.8 Å². The summed E-state index contributed by atoms with van der Waals surface area (Å²) < 4.78 is 26.5. The van der Waals surface area contributed by atoms with Gasteiger partial charge >= 0.3 is 0 Å². The van der Waals surface area contributed by atoms with Crippen molar-refractivity contribution in [3.63, 3.8) is 0 Å². The highest BCUT2D eigenvalue weighted by molar-refractivity contribution is 6.00. The first-order valence-corrected chi connectivity index (χ1v) is 11.7. The van der Waals surface area contributed by atoms with E-state index >= 15 is 4.39 Å². The number of hydrogen-bond acceptors (Lipinski definition) is 6. The number of methoxy groups -OCH3 is 1. The standard InChI is InChI=1S/C27H31FN4O3/c1-29-12-11-25(19-7-5-4-6-8-19)35-21-10-9-20(23(28)15-21)18-32-14-13-31(2)24-16-26(34-3)30-17-22(24)27(32)33/h4-10,15-17,25,29H,11-14,18H2,1-3H3/t25-/m0/s1. The summed E-state index contributed by atoms with van der Waals surface area (Å²) in [6, 6.07) is 16.5. The Labute approximate surface area is 205 Å². The number of carbonyl (C=O) groups is 1. The Balaban J connectivity index is 1.51. The van der Waals surface area contributed by atoms with Gasteiger partial charge in [-0.2, -0.15) is 0 Å². The van der Waals surface area contributed by atoms with E-state index in [1.807, 2.05) is 49.3 Å². The fourth-order valence-electron chi connectivity index (χ4n) is 4.17. The number of benzene rings is 2. The highest BCUT2D eigenvalue weighted by Gasteiger charge is 2.27. The van der Waals surface area contributed by atoms with Gasteiger partial charge in [0, 0.05) is 57.0 Å². The molecule has 1 atom stereocenters. The zero-order valence-electron chi connectivity index (χ0n) is 20.3. The number of anilines is 1. The van der Waals surface area contributed by atoms with Gasteiger partial charge in [0.2, 0.25) is 5.88 Å². The van der Waals surface area contributed by atoms with Crippen molar-refractivity contribution in [2.24, 2.45) is 0 Å². The summed E-state index contributed by atoms with van der Waals surface area (Å²) in [5.74, 6) is 0.318. The molecular formula is C27H31FN4O3. The van der Waals surface area contributed by atoms with Gasteiger partial charge in [0.1, 0.15) is 17.7 Å². The van der Waals surface area contributed by atoms with Crippen LogP contribution in [0.3, 0.4) is 0 Å². The number of nitrogens with zero attached hydrogens (tertiary/aromatic N) is 3. The fraction of sp³-hybridized carbons (Fsp3) is 0.333. The van der Waals surface area contributed by atoms with Gasteiger partial charge in [0.15, 0.2) is 0 Å². The number of rotatable bonds is 9. The zero-order valence-corrected chi connectivity index (χ0v) is 20.3. The van der Waals surface area contributed by atoms with Crippen LogP contribution in [-0.4, -0.2) is 56.6 Å². The van der Waals surface area contributed by atoms with Crippen molar-refractivity contribution in [3.8, 4) is 11.6 Å². The number of carbonyl (C=O) groups excluding carboxylic acids is 1. The minimum Gasteiger partial charge on any atom is -0.486 e. The minimum absolute atomic E-state index is 0.159. The molecule has 2 aromatic carbocycles. The molecule has 35 heavy (non-hydrogen) atoms. The first-order chi connectivity index (χ1) is 17.0. The van der Waals surface area contributed by atoms with Gasteiger partial charge in [0.25, 0.3) is 5.91 Å². The second-order valence-electron chi connectivity index (χ2n) is 8.55. The van der Waals surface area contributed by atoms with Gasteiger partial charge < -0.3 is 24.6 Å². The number of ether oxygens (including phenoxy) is 2. The summed E-state index contributed by atoms with van der Waals surface area (Å²) in [6.07, 6.45) is 2.07. The van der Waals surface area contributed by atoms with Crippen molar-refractivity contribution in [1.82, 2.24) is 15.2 Å². The molecule has 0 aliphatic carbocycles. The Bertz CT molecular complexity index is 1160. The van der Waals surface area contributed by atoms with Crippen molar-refractivity contribution in [1.29, 1.82) is 0 Å². The van der Waals surface area contributed by atoms with Crippen LogP contribution in [0, 0.1) is 5.82 Å². The first-order valence-electron chi connectivity index (χ1n) is 11.7. The van der Waals surface area contributed by atoms with Crippen LogP contribution in [0.4, 0.5) is 10.1 Å². The largest absolute Gasteiger partial charge is 0.486 e. The van der Waals surface area contributed by atoms with E-state index in [0.717, 1.165) is 24.2 Å². The lowest BCUT2D eigenvalue weighted by Crippen LogP contribution is -2.33. The number of fused-ring (bicyclic) bond motifs is 1. The predicted molar refractivity (Wildman–Crippen MR) is 134 cm³/mol. The molecule has 8 heteroatoms. The molecule has 0 fully saturated rings. The number of amides is 1. The Kier molecular flexibility index (Phi) is 7.82. The smallest absolute Gasteiger partial charge is 0.257 e. The van der Waals surface area contributed by atoms with Gasteiger partial charge in [-0.25, -0.2) is 9.37 Å². The lowest BCUT2D eigenvalue weighted by Gasteiger charge is -2.22. The molecule has 0 saturated heterocycles. The predicted octanol–water partition coefficient (Wildman–Crippen LogP) is 4.05. The van der Waals surface area contributed by atoms with Gasteiger partial charge in [-0.05, 0) is 25.2 Å². The summed E-state index contributed by atoms with van der Waals surface area (Å²) >= 11 is 0. The first kappa shape index (κ1) is 24.5. The van der Waals surface area contributed by atoms with Crippen molar-refractivity contribution < 1.29 is 18.7 Å². The van der Waals surface area contributed by atoms with Crippen LogP contribution in [0.25, 0.3) is 0 Å². The average molecular weight is 479 g/mol. The van der Waals surface area contributed by atoms with Crippen LogP contribution in [-0.2, 0) is 6.54 Å². The summed E-state index contributed by atoms with van der Waals surface area (Å²) in [4.78, 5) is 21.1. The lowest BCUT2D eigenvalue weighted by atomic mass is 10.1. The molecule has 1 aliphatic heterocycles. The van der Waals surface area contributed by atoms with E-state index in [-0.39, 0.29) is 18.6 Å². The summed E-state index contributed by atoms with van der Waals surface area (Å²) in [5.41, 5.74) is 2.70. The van der Waals surface area contributed by atoms with Crippen molar-refractivity contribution in [2.75, 3.05) is 45.7 Å². The number of likely N-dealkylation sites (N-methyl/N-ethyl adjacent to an activating group) is 1. The lowest BCUT2D eigenvalue weighted by molar-refractivity contribution is 0.0753. The van der Waals surface area contributed by atoms with Gasteiger partial charge in [-0.3, -0.25) is 4.79 Å². The third-order valence-electron chi connectivity index (χ3n) is 6.19. The van der Waals surface area contributed by atoms with Crippen LogP contribution in [0.5, 0.6) is 11.6 Å². The molecule has 1 amide bonds. The second-order valence-corrected chi connectivity index (χ2v) is 8.55. The molecule has 4 rings (SSSR count). The van der Waals surface area contributed by atoms with E-state index in [1.165, 1.54) is 12.3 Å². The molecule has 0 bridgehead atoms. The molecule has 7 nitrogen and oxygen atoms in total. The highest BCUT2D eigenvalue weighted by Crippen LogP contribution is 2.29. The SMILES string of the molecule is CNCC[C@H](Oc1ccc(CN2CCN(C)c3cc(OC)ncc3C2=O)c(F)c1)c1ccccc1. The molecule has 1 aliphatic rings. The van der Waals surface area contributed by atoms with Gasteiger partial charge in [-0.1, -0.05) is 36.4 Å². The number of aromatic nitrogens is 1. The van der Waals surface area contributed by atoms with E-state index in [1.54, 1.807) is 30.2 Å². The van der Waals surface area contributed by atoms with Gasteiger partial charge in [0.05, 0.1) is 18.4 Å². The molecule has 0 saturated carbocycles. The summed E-state index contributed by atoms with van der Waals surface area (Å²) in [7, 11) is 5.35. The van der Waals surface area contributed by atoms with Crippen molar-refractivity contribution in [3.05, 3.63) is 83.3 Å². The maximum atomic E-state index is 15.1. The number of pyridine rings is 1. The highest BCUT2D eigenvalue weighted by atomic mass is 19.1. The van der Waals surface area contributed by atoms with Crippen molar-refractivity contribution in [2.45, 2.75) is 19.1 Å². The Morgan fingerprint density at radius 2 is 1.94 bits per heavy atom. The normalized spacial score (nSPS) is 14.3. The molecular weight excluding hydrogens is 447 g/mol. The van der Waals surface area contributed by atoms with Crippen LogP contribution in [0.1, 0.15) is 34.0 Å². The quantitative estimate of drug-likeness (QED) is 0.501. The number of halogens is 1. The molecule has 1 N–H and O–H groups in total. The van der Waals surface area contributed by atoms with Crippen molar-refractivity contribution >= 4 is 11.6 Å². The monoisotopic (exact) mass is 478 g/mol. The Hall–Kier alpha value is -3.65. The molecule has 0 unspecified atom stereocenters. The van der Waals surface area contributed by atoms with Crippen LogP contribution in [0.2, 0.25) is 0 Å². The fourth-order valence-corrected chi connectivity index (χ4v) is 4.17. The maximum absolute atomic E-state index is 15.1. The number of hydrogen-bond donors (Lipinski definition) is 1. The van der Waals surface area contributed by atoms with E-state index in [0.29, 0.717) is 35.8 Å². The summed E-state index contributed by atoms with van der Waals surface area (Å²) in [5, 5.41) is 3.14.